The molecule has 0 amide bonds. The number of rotatable bonds is 7. The summed E-state index contributed by atoms with van der Waals surface area (Å²) in [5, 5.41) is 0. The molecule has 0 aromatic heterocycles. The number of hydrogen-bond donors (Lipinski definition) is 0. The van der Waals surface area contributed by atoms with Crippen LogP contribution in [0, 0.1) is 0 Å². The van der Waals surface area contributed by atoms with Gasteiger partial charge in [-0.3, -0.25) is 0 Å². The van der Waals surface area contributed by atoms with Crippen molar-refractivity contribution < 1.29 is 4.74 Å². The van der Waals surface area contributed by atoms with Gasteiger partial charge >= 0.3 is 0 Å². The molecule has 0 aromatic rings. The van der Waals surface area contributed by atoms with E-state index in [9.17, 15) is 0 Å². The lowest BCUT2D eigenvalue weighted by Gasteiger charge is -2.29. The monoisotopic (exact) mass is 172 g/mol. The first-order valence-electron chi connectivity index (χ1n) is 5.32. The zero-order chi connectivity index (χ0) is 9.45. The van der Waals surface area contributed by atoms with Gasteiger partial charge in [0.05, 0.1) is 5.60 Å². The smallest absolute Gasteiger partial charge is 0.0654 e. The van der Waals surface area contributed by atoms with Crippen molar-refractivity contribution in [3.63, 3.8) is 0 Å². The molecule has 0 fully saturated rings. The molecule has 0 unspecified atom stereocenters. The highest BCUT2D eigenvalue weighted by atomic mass is 16.5. The molecule has 0 radical (unpaired) electrons. The first kappa shape index (κ1) is 12.0. The number of hydrogen-bond acceptors (Lipinski definition) is 1. The van der Waals surface area contributed by atoms with Crippen molar-refractivity contribution in [3.8, 4) is 0 Å². The molecular formula is C11H24O. The van der Waals surface area contributed by atoms with Crippen LogP contribution in [0.15, 0.2) is 0 Å². The van der Waals surface area contributed by atoms with E-state index in [-0.39, 0.29) is 5.60 Å². The van der Waals surface area contributed by atoms with E-state index in [0.29, 0.717) is 0 Å². The highest BCUT2D eigenvalue weighted by Gasteiger charge is 2.21. The molecule has 0 aliphatic carbocycles. The Morgan fingerprint density at radius 1 is 0.917 bits per heavy atom. The fourth-order valence-corrected chi connectivity index (χ4v) is 1.68. The van der Waals surface area contributed by atoms with Crippen LogP contribution in [0.25, 0.3) is 0 Å². The van der Waals surface area contributed by atoms with Gasteiger partial charge in [-0.05, 0) is 26.2 Å². The Labute approximate surface area is 77.5 Å². The topological polar surface area (TPSA) is 9.23 Å². The number of ether oxygens (including phenoxy) is 1. The van der Waals surface area contributed by atoms with Crippen molar-refractivity contribution in [1.82, 2.24) is 0 Å². The summed E-state index contributed by atoms with van der Waals surface area (Å²) in [4.78, 5) is 0. The standard InChI is InChI=1S/C11H24O/c1-5-8-11(4,9-6-2)12-10-7-3/h5-10H2,1-4H3. The predicted molar refractivity (Wildman–Crippen MR) is 54.5 cm³/mol. The fraction of sp³-hybridized carbons (Fsp3) is 1.00. The van der Waals surface area contributed by atoms with Crippen LogP contribution >= 0.6 is 0 Å². The van der Waals surface area contributed by atoms with Gasteiger partial charge < -0.3 is 4.74 Å². The van der Waals surface area contributed by atoms with Crippen LogP contribution < -0.4 is 0 Å². The molecular weight excluding hydrogens is 148 g/mol. The second-order valence-corrected chi connectivity index (χ2v) is 3.80. The van der Waals surface area contributed by atoms with Gasteiger partial charge in [0.25, 0.3) is 0 Å². The largest absolute Gasteiger partial charge is 0.375 e. The third-order valence-electron chi connectivity index (χ3n) is 2.21. The molecule has 0 N–H and O–H groups in total. The third-order valence-corrected chi connectivity index (χ3v) is 2.21. The molecule has 1 nitrogen and oxygen atoms in total. The molecule has 12 heavy (non-hydrogen) atoms. The van der Waals surface area contributed by atoms with Gasteiger partial charge in [0, 0.05) is 6.61 Å². The SMILES string of the molecule is CCCOC(C)(CCC)CCC. The Morgan fingerprint density at radius 3 is 1.75 bits per heavy atom. The summed E-state index contributed by atoms with van der Waals surface area (Å²) in [6.07, 6.45) is 5.96. The van der Waals surface area contributed by atoms with E-state index in [2.05, 4.69) is 27.7 Å². The molecule has 0 atom stereocenters. The van der Waals surface area contributed by atoms with Crippen molar-refractivity contribution in [2.75, 3.05) is 6.61 Å². The first-order chi connectivity index (χ1) is 5.68. The van der Waals surface area contributed by atoms with E-state index in [1.54, 1.807) is 0 Å². The van der Waals surface area contributed by atoms with Crippen molar-refractivity contribution in [1.29, 1.82) is 0 Å². The molecule has 0 rings (SSSR count). The van der Waals surface area contributed by atoms with Gasteiger partial charge in [0.2, 0.25) is 0 Å². The van der Waals surface area contributed by atoms with E-state index in [1.165, 1.54) is 25.7 Å². The molecule has 0 bridgehead atoms. The van der Waals surface area contributed by atoms with E-state index >= 15 is 0 Å². The highest BCUT2D eigenvalue weighted by molar-refractivity contribution is 4.73. The summed E-state index contributed by atoms with van der Waals surface area (Å²) in [5.74, 6) is 0. The molecule has 0 heterocycles. The molecule has 0 saturated carbocycles. The van der Waals surface area contributed by atoms with Gasteiger partial charge in [0.1, 0.15) is 0 Å². The minimum atomic E-state index is 0.152. The summed E-state index contributed by atoms with van der Waals surface area (Å²) in [7, 11) is 0. The molecule has 0 aliphatic rings. The Kier molecular flexibility index (Phi) is 6.45. The molecule has 74 valence electrons. The van der Waals surface area contributed by atoms with Gasteiger partial charge in [-0.1, -0.05) is 33.6 Å². The van der Waals surface area contributed by atoms with Crippen LogP contribution in [0.4, 0.5) is 0 Å². The maximum absolute atomic E-state index is 5.86. The maximum atomic E-state index is 5.86. The van der Waals surface area contributed by atoms with Gasteiger partial charge in [-0.2, -0.15) is 0 Å². The normalized spacial score (nSPS) is 12.0. The van der Waals surface area contributed by atoms with E-state index < -0.39 is 0 Å². The maximum Gasteiger partial charge on any atom is 0.0654 e. The molecule has 0 aromatic carbocycles. The van der Waals surface area contributed by atoms with Gasteiger partial charge in [-0.25, -0.2) is 0 Å². The van der Waals surface area contributed by atoms with Crippen molar-refractivity contribution in [2.45, 2.75) is 65.4 Å². The summed E-state index contributed by atoms with van der Waals surface area (Å²) >= 11 is 0. The fourth-order valence-electron chi connectivity index (χ4n) is 1.68. The second kappa shape index (κ2) is 6.47. The quantitative estimate of drug-likeness (QED) is 0.568. The summed E-state index contributed by atoms with van der Waals surface area (Å²) in [6, 6.07) is 0. The lowest BCUT2D eigenvalue weighted by Crippen LogP contribution is -2.28. The third kappa shape index (κ3) is 4.76. The molecule has 0 aliphatic heterocycles. The van der Waals surface area contributed by atoms with E-state index in [4.69, 9.17) is 4.74 Å². The van der Waals surface area contributed by atoms with Crippen LogP contribution in [-0.2, 0) is 4.74 Å². The average Bonchev–Trinajstić information content (AvgIpc) is 2.02. The van der Waals surface area contributed by atoms with Crippen LogP contribution in [0.1, 0.15) is 59.8 Å². The summed E-state index contributed by atoms with van der Waals surface area (Å²) in [6.45, 7) is 9.77. The summed E-state index contributed by atoms with van der Waals surface area (Å²) < 4.78 is 5.86. The Bertz CT molecular complexity index is 93.2. The van der Waals surface area contributed by atoms with E-state index in [1.807, 2.05) is 0 Å². The predicted octanol–water partition coefficient (Wildman–Crippen LogP) is 3.77. The Balaban J connectivity index is 3.80. The Morgan fingerprint density at radius 2 is 1.42 bits per heavy atom. The van der Waals surface area contributed by atoms with Crippen LogP contribution in [0.2, 0.25) is 0 Å². The van der Waals surface area contributed by atoms with Gasteiger partial charge in [-0.15, -0.1) is 0 Å². The lowest BCUT2D eigenvalue weighted by atomic mass is 9.95. The highest BCUT2D eigenvalue weighted by Crippen LogP contribution is 2.23. The van der Waals surface area contributed by atoms with E-state index in [0.717, 1.165) is 13.0 Å². The van der Waals surface area contributed by atoms with Gasteiger partial charge in [0.15, 0.2) is 0 Å². The minimum absolute atomic E-state index is 0.152. The van der Waals surface area contributed by atoms with Crippen LogP contribution in [-0.4, -0.2) is 12.2 Å². The molecule has 0 spiro atoms. The summed E-state index contributed by atoms with van der Waals surface area (Å²) in [5.41, 5.74) is 0.152. The lowest BCUT2D eigenvalue weighted by molar-refractivity contribution is -0.0441. The zero-order valence-electron chi connectivity index (χ0n) is 9.15. The second-order valence-electron chi connectivity index (χ2n) is 3.80. The minimum Gasteiger partial charge on any atom is -0.375 e. The Hall–Kier alpha value is -0.0400. The average molecular weight is 172 g/mol. The zero-order valence-corrected chi connectivity index (χ0v) is 9.15. The van der Waals surface area contributed by atoms with Crippen LogP contribution in [0.3, 0.4) is 0 Å². The van der Waals surface area contributed by atoms with Crippen molar-refractivity contribution in [2.24, 2.45) is 0 Å². The van der Waals surface area contributed by atoms with Crippen molar-refractivity contribution >= 4 is 0 Å². The van der Waals surface area contributed by atoms with Crippen molar-refractivity contribution in [3.05, 3.63) is 0 Å². The first-order valence-corrected chi connectivity index (χ1v) is 5.32. The molecule has 1 heteroatoms. The molecule has 0 saturated heterocycles. The van der Waals surface area contributed by atoms with Crippen LogP contribution in [0.5, 0.6) is 0 Å².